The van der Waals surface area contributed by atoms with Crippen LogP contribution in [0, 0.1) is 0 Å². The fourth-order valence-electron chi connectivity index (χ4n) is 3.48. The number of carbonyl (C=O) groups is 3. The van der Waals surface area contributed by atoms with Gasteiger partial charge < -0.3 is 10.1 Å². The number of ether oxygens (including phenoxy) is 1. The van der Waals surface area contributed by atoms with E-state index in [2.05, 4.69) is 5.32 Å². The molecular weight excluding hydrogens is 555 g/mol. The molecule has 1 heterocycles. The van der Waals surface area contributed by atoms with E-state index in [1.165, 1.54) is 24.3 Å². The number of thioether (sulfide) groups is 1. The first-order chi connectivity index (χ1) is 17.8. The van der Waals surface area contributed by atoms with E-state index in [4.69, 9.17) is 39.5 Å². The average Bonchev–Trinajstić information content (AvgIpc) is 3.09. The van der Waals surface area contributed by atoms with Gasteiger partial charge in [-0.15, -0.1) is 0 Å². The van der Waals surface area contributed by atoms with Crippen LogP contribution in [0.3, 0.4) is 0 Å². The number of benzene rings is 3. The fraction of sp³-hybridized carbons (Fsp3) is 0.148. The zero-order valence-corrected chi connectivity index (χ0v) is 22.7. The van der Waals surface area contributed by atoms with Crippen molar-refractivity contribution in [2.75, 3.05) is 16.8 Å². The third-order valence-electron chi connectivity index (χ3n) is 5.30. The maximum absolute atomic E-state index is 13.5. The smallest absolute Gasteiger partial charge is 0.338 e. The maximum Gasteiger partial charge on any atom is 0.338 e. The number of anilines is 2. The molecule has 0 aromatic heterocycles. The van der Waals surface area contributed by atoms with Crippen LogP contribution in [-0.2, 0) is 14.3 Å². The summed E-state index contributed by atoms with van der Waals surface area (Å²) in [5.74, 6) is -1.54. The highest BCUT2D eigenvalue weighted by Gasteiger charge is 2.40. The maximum atomic E-state index is 13.5. The van der Waals surface area contributed by atoms with Crippen LogP contribution in [0.5, 0.6) is 0 Å². The summed E-state index contributed by atoms with van der Waals surface area (Å²) in [6.07, 6.45) is 1.68. The second kappa shape index (κ2) is 12.0. The van der Waals surface area contributed by atoms with Gasteiger partial charge in [-0.05, 0) is 73.2 Å². The largest absolute Gasteiger partial charge is 0.462 e. The lowest BCUT2D eigenvalue weighted by Gasteiger charge is -2.16. The predicted octanol–water partition coefficient (Wildman–Crippen LogP) is 7.59. The second-order valence-corrected chi connectivity index (χ2v) is 10.4. The van der Waals surface area contributed by atoms with Crippen LogP contribution in [0.25, 0.3) is 0 Å². The SMILES string of the molecule is CCCCOC(=O)c1ccc(N2C(=O)C(Nc3cc(Cl)cc(Cl)c3)=C(Sc3ccc(Cl)cc3)C2=O)cc1. The lowest BCUT2D eigenvalue weighted by Crippen LogP contribution is -2.32. The van der Waals surface area contributed by atoms with E-state index in [1.54, 1.807) is 42.5 Å². The Labute approximate surface area is 233 Å². The number of rotatable bonds is 9. The molecule has 4 rings (SSSR count). The Hall–Kier alpha value is -2.97. The van der Waals surface area contributed by atoms with Crippen molar-refractivity contribution in [2.24, 2.45) is 0 Å². The van der Waals surface area contributed by atoms with Crippen LogP contribution in [0.2, 0.25) is 15.1 Å². The van der Waals surface area contributed by atoms with E-state index in [1.807, 2.05) is 6.92 Å². The van der Waals surface area contributed by atoms with E-state index in [0.29, 0.717) is 38.6 Å². The van der Waals surface area contributed by atoms with Crippen molar-refractivity contribution in [1.82, 2.24) is 0 Å². The van der Waals surface area contributed by atoms with Crippen molar-refractivity contribution >= 4 is 75.7 Å². The van der Waals surface area contributed by atoms with Gasteiger partial charge in [0, 0.05) is 25.7 Å². The molecule has 37 heavy (non-hydrogen) atoms. The van der Waals surface area contributed by atoms with Gasteiger partial charge >= 0.3 is 5.97 Å². The van der Waals surface area contributed by atoms with Crippen LogP contribution < -0.4 is 10.2 Å². The number of imide groups is 1. The average molecular weight is 576 g/mol. The molecular formula is C27H21Cl3N2O4S. The fourth-order valence-corrected chi connectivity index (χ4v) is 5.06. The number of amides is 2. The first kappa shape index (κ1) is 27.1. The number of esters is 1. The predicted molar refractivity (Wildman–Crippen MR) is 149 cm³/mol. The molecule has 2 amide bonds. The summed E-state index contributed by atoms with van der Waals surface area (Å²) < 4.78 is 5.23. The number of nitrogens with zero attached hydrogens (tertiary/aromatic N) is 1. The molecule has 1 aliphatic rings. The van der Waals surface area contributed by atoms with E-state index < -0.39 is 17.8 Å². The van der Waals surface area contributed by atoms with Crippen LogP contribution >= 0.6 is 46.6 Å². The van der Waals surface area contributed by atoms with Crippen molar-refractivity contribution < 1.29 is 19.1 Å². The van der Waals surface area contributed by atoms with Gasteiger partial charge in [0.2, 0.25) is 0 Å². The van der Waals surface area contributed by atoms with E-state index in [9.17, 15) is 14.4 Å². The van der Waals surface area contributed by atoms with Gasteiger partial charge in [-0.1, -0.05) is 59.9 Å². The van der Waals surface area contributed by atoms with Crippen molar-refractivity contribution in [1.29, 1.82) is 0 Å². The molecule has 3 aromatic rings. The molecule has 0 atom stereocenters. The van der Waals surface area contributed by atoms with Crippen molar-refractivity contribution in [3.63, 3.8) is 0 Å². The van der Waals surface area contributed by atoms with Gasteiger partial charge in [-0.25, -0.2) is 9.69 Å². The highest BCUT2D eigenvalue weighted by molar-refractivity contribution is 8.04. The lowest BCUT2D eigenvalue weighted by atomic mass is 10.2. The van der Waals surface area contributed by atoms with Gasteiger partial charge in [0.15, 0.2) is 0 Å². The highest BCUT2D eigenvalue weighted by atomic mass is 35.5. The van der Waals surface area contributed by atoms with Gasteiger partial charge in [0.25, 0.3) is 11.8 Å². The summed E-state index contributed by atoms with van der Waals surface area (Å²) in [5, 5.41) is 4.32. The quantitative estimate of drug-likeness (QED) is 0.161. The van der Waals surface area contributed by atoms with E-state index >= 15 is 0 Å². The topological polar surface area (TPSA) is 75.7 Å². The number of hydrogen-bond donors (Lipinski definition) is 1. The van der Waals surface area contributed by atoms with Crippen LogP contribution in [-0.4, -0.2) is 24.4 Å². The Morgan fingerprint density at radius 2 is 1.54 bits per heavy atom. The summed E-state index contributed by atoms with van der Waals surface area (Å²) >= 11 is 19.4. The number of halogens is 3. The zero-order valence-electron chi connectivity index (χ0n) is 19.6. The molecule has 190 valence electrons. The molecule has 0 spiro atoms. The molecule has 1 aliphatic heterocycles. The standard InChI is InChI=1S/C27H21Cl3N2O4S/c1-2-3-12-36-27(35)16-4-8-21(9-5-16)32-25(33)23(31-20-14-18(29)13-19(30)15-20)24(26(32)34)37-22-10-6-17(28)7-11-22/h4-11,13-15,31H,2-3,12H2,1H3. The normalized spacial score (nSPS) is 13.4. The van der Waals surface area contributed by atoms with Crippen LogP contribution in [0.1, 0.15) is 30.1 Å². The Balaban J connectivity index is 1.64. The summed E-state index contributed by atoms with van der Waals surface area (Å²) in [7, 11) is 0. The minimum Gasteiger partial charge on any atom is -0.462 e. The summed E-state index contributed by atoms with van der Waals surface area (Å²) in [6, 6.07) is 17.8. The van der Waals surface area contributed by atoms with Crippen molar-refractivity contribution in [3.8, 4) is 0 Å². The molecule has 0 radical (unpaired) electrons. The van der Waals surface area contributed by atoms with Crippen LogP contribution in [0.15, 0.2) is 82.2 Å². The van der Waals surface area contributed by atoms with Crippen molar-refractivity contribution in [2.45, 2.75) is 24.7 Å². The van der Waals surface area contributed by atoms with Crippen LogP contribution in [0.4, 0.5) is 11.4 Å². The summed E-state index contributed by atoms with van der Waals surface area (Å²) in [4.78, 5) is 41.3. The first-order valence-corrected chi connectivity index (χ1v) is 13.3. The molecule has 6 nitrogen and oxygen atoms in total. The zero-order chi connectivity index (χ0) is 26.5. The summed E-state index contributed by atoms with van der Waals surface area (Å²) in [5.41, 5.74) is 1.17. The highest BCUT2D eigenvalue weighted by Crippen LogP contribution is 2.38. The molecule has 0 bridgehead atoms. The molecule has 0 fully saturated rings. The molecule has 10 heteroatoms. The molecule has 3 aromatic carbocycles. The monoisotopic (exact) mass is 574 g/mol. The van der Waals surface area contributed by atoms with Gasteiger partial charge in [0.1, 0.15) is 10.6 Å². The van der Waals surface area contributed by atoms with Gasteiger partial charge in [-0.2, -0.15) is 0 Å². The number of nitrogens with one attached hydrogen (secondary N) is 1. The van der Waals surface area contributed by atoms with Gasteiger partial charge in [-0.3, -0.25) is 9.59 Å². The van der Waals surface area contributed by atoms with Gasteiger partial charge in [0.05, 0.1) is 17.9 Å². The lowest BCUT2D eigenvalue weighted by molar-refractivity contribution is -0.120. The Morgan fingerprint density at radius 1 is 0.892 bits per heavy atom. The molecule has 0 aliphatic carbocycles. The van der Waals surface area contributed by atoms with E-state index in [-0.39, 0.29) is 10.6 Å². The number of carbonyl (C=O) groups excluding carboxylic acids is 3. The van der Waals surface area contributed by atoms with Crippen molar-refractivity contribution in [3.05, 3.63) is 98.0 Å². The Bertz CT molecular complexity index is 1360. The molecule has 0 saturated carbocycles. The Kier molecular flexibility index (Phi) is 8.82. The molecule has 0 saturated heterocycles. The Morgan fingerprint density at radius 3 is 2.16 bits per heavy atom. The second-order valence-electron chi connectivity index (χ2n) is 8.03. The number of unbranched alkanes of at least 4 members (excludes halogenated alkanes) is 1. The minimum atomic E-state index is -0.559. The molecule has 1 N–H and O–H groups in total. The third-order valence-corrected chi connectivity index (χ3v) is 7.08. The summed E-state index contributed by atoms with van der Waals surface area (Å²) in [6.45, 7) is 2.34. The third kappa shape index (κ3) is 6.48. The first-order valence-electron chi connectivity index (χ1n) is 11.3. The number of hydrogen-bond acceptors (Lipinski definition) is 6. The van der Waals surface area contributed by atoms with E-state index in [0.717, 1.165) is 34.4 Å². The molecule has 0 unspecified atom stereocenters. The minimum absolute atomic E-state index is 0.0753.